The normalized spacial score (nSPS) is 10.0. The van der Waals surface area contributed by atoms with Crippen LogP contribution in [0.1, 0.15) is 11.1 Å². The summed E-state index contributed by atoms with van der Waals surface area (Å²) < 4.78 is 0. The highest BCUT2D eigenvalue weighted by Gasteiger charge is 2.07. The monoisotopic (exact) mass is 286 g/mol. The highest BCUT2D eigenvalue weighted by molar-refractivity contribution is 5.70. The minimum absolute atomic E-state index is 0.503. The van der Waals surface area contributed by atoms with E-state index in [1.165, 1.54) is 0 Å². The molecule has 4 heteroatoms. The van der Waals surface area contributed by atoms with Crippen LogP contribution in [0.25, 0.3) is 11.1 Å². The van der Waals surface area contributed by atoms with Gasteiger partial charge in [-0.15, -0.1) is 0 Å². The number of aromatic nitrogens is 2. The van der Waals surface area contributed by atoms with Gasteiger partial charge in [-0.25, -0.2) is 4.98 Å². The standard InChI is InChI=1S/C18H14N4/c1-13-7-17(12-20-10-13)22-18-15(9-19)8-16(11-21-18)14-5-3-2-4-6-14/h2-8,10-12H,1H3,(H,21,22). The first kappa shape index (κ1) is 13.8. The van der Waals surface area contributed by atoms with E-state index in [2.05, 4.69) is 21.4 Å². The Bertz CT molecular complexity index is 835. The zero-order valence-electron chi connectivity index (χ0n) is 12.1. The van der Waals surface area contributed by atoms with E-state index in [1.807, 2.05) is 49.4 Å². The quantitative estimate of drug-likeness (QED) is 0.788. The van der Waals surface area contributed by atoms with Crippen molar-refractivity contribution in [1.82, 2.24) is 9.97 Å². The highest BCUT2D eigenvalue weighted by atomic mass is 15.0. The van der Waals surface area contributed by atoms with Crippen LogP contribution in [0.3, 0.4) is 0 Å². The van der Waals surface area contributed by atoms with Crippen molar-refractivity contribution in [1.29, 1.82) is 5.26 Å². The summed E-state index contributed by atoms with van der Waals surface area (Å²) in [6.07, 6.45) is 5.25. The Kier molecular flexibility index (Phi) is 3.80. The summed E-state index contributed by atoms with van der Waals surface area (Å²) in [4.78, 5) is 8.52. The van der Waals surface area contributed by atoms with Crippen LogP contribution in [0, 0.1) is 18.3 Å². The maximum absolute atomic E-state index is 9.38. The van der Waals surface area contributed by atoms with Crippen LogP contribution in [-0.4, -0.2) is 9.97 Å². The first-order valence-corrected chi connectivity index (χ1v) is 6.90. The Balaban J connectivity index is 1.95. The molecule has 0 aliphatic rings. The van der Waals surface area contributed by atoms with Gasteiger partial charge in [-0.3, -0.25) is 4.98 Å². The van der Waals surface area contributed by atoms with Crippen LogP contribution in [0.15, 0.2) is 61.1 Å². The van der Waals surface area contributed by atoms with Gasteiger partial charge in [0, 0.05) is 18.0 Å². The third kappa shape index (κ3) is 2.94. The molecule has 0 spiro atoms. The summed E-state index contributed by atoms with van der Waals surface area (Å²) in [5.41, 5.74) is 4.32. The SMILES string of the molecule is Cc1cncc(Nc2ncc(-c3ccccc3)cc2C#N)c1. The fraction of sp³-hybridized carbons (Fsp3) is 0.0556. The van der Waals surface area contributed by atoms with E-state index in [4.69, 9.17) is 0 Å². The molecule has 0 atom stereocenters. The Morgan fingerprint density at radius 2 is 1.82 bits per heavy atom. The van der Waals surface area contributed by atoms with Gasteiger partial charge in [-0.1, -0.05) is 30.3 Å². The predicted molar refractivity (Wildman–Crippen MR) is 86.6 cm³/mol. The summed E-state index contributed by atoms with van der Waals surface area (Å²) in [5, 5.41) is 12.5. The van der Waals surface area contributed by atoms with Gasteiger partial charge in [0.25, 0.3) is 0 Å². The van der Waals surface area contributed by atoms with Gasteiger partial charge in [0.1, 0.15) is 11.9 Å². The van der Waals surface area contributed by atoms with E-state index in [1.54, 1.807) is 18.6 Å². The topological polar surface area (TPSA) is 61.6 Å². The highest BCUT2D eigenvalue weighted by Crippen LogP contribution is 2.24. The minimum atomic E-state index is 0.503. The Labute approximate surface area is 129 Å². The zero-order valence-corrected chi connectivity index (χ0v) is 12.1. The maximum atomic E-state index is 9.38. The van der Waals surface area contributed by atoms with Gasteiger partial charge in [0.15, 0.2) is 0 Å². The Morgan fingerprint density at radius 1 is 1.00 bits per heavy atom. The van der Waals surface area contributed by atoms with E-state index < -0.39 is 0 Å². The lowest BCUT2D eigenvalue weighted by molar-refractivity contribution is 1.24. The maximum Gasteiger partial charge on any atom is 0.148 e. The van der Waals surface area contributed by atoms with E-state index in [0.29, 0.717) is 11.4 Å². The molecule has 0 amide bonds. The molecule has 106 valence electrons. The molecule has 0 aliphatic heterocycles. The van der Waals surface area contributed by atoms with Crippen LogP contribution < -0.4 is 5.32 Å². The summed E-state index contributed by atoms with van der Waals surface area (Å²) in [6, 6.07) is 15.9. The summed E-state index contributed by atoms with van der Waals surface area (Å²) in [6.45, 7) is 1.97. The zero-order chi connectivity index (χ0) is 15.4. The molecule has 0 aliphatic carbocycles. The van der Waals surface area contributed by atoms with Crippen LogP contribution in [-0.2, 0) is 0 Å². The number of rotatable bonds is 3. The van der Waals surface area contributed by atoms with Crippen LogP contribution in [0.2, 0.25) is 0 Å². The molecule has 1 aromatic carbocycles. The van der Waals surface area contributed by atoms with Gasteiger partial charge < -0.3 is 5.32 Å². The first-order valence-electron chi connectivity index (χ1n) is 6.90. The molecule has 3 aromatic rings. The van der Waals surface area contributed by atoms with Crippen molar-refractivity contribution in [3.05, 3.63) is 72.2 Å². The number of nitrogens with one attached hydrogen (secondary N) is 1. The van der Waals surface area contributed by atoms with Crippen molar-refractivity contribution in [3.63, 3.8) is 0 Å². The molecular formula is C18H14N4. The number of nitrogens with zero attached hydrogens (tertiary/aromatic N) is 3. The molecule has 4 nitrogen and oxygen atoms in total. The van der Waals surface area contributed by atoms with Crippen LogP contribution >= 0.6 is 0 Å². The van der Waals surface area contributed by atoms with Crippen molar-refractivity contribution in [2.45, 2.75) is 6.92 Å². The molecule has 2 aromatic heterocycles. The van der Waals surface area contributed by atoms with Gasteiger partial charge in [-0.05, 0) is 30.2 Å². The summed E-state index contributed by atoms with van der Waals surface area (Å²) >= 11 is 0. The minimum Gasteiger partial charge on any atom is -0.338 e. The Hall–Kier alpha value is -3.19. The second-order valence-electron chi connectivity index (χ2n) is 4.97. The van der Waals surface area contributed by atoms with Crippen molar-refractivity contribution in [3.8, 4) is 17.2 Å². The molecule has 0 saturated heterocycles. The number of nitriles is 1. The van der Waals surface area contributed by atoms with Crippen molar-refractivity contribution in [2.24, 2.45) is 0 Å². The average molecular weight is 286 g/mol. The first-order chi connectivity index (χ1) is 10.8. The lowest BCUT2D eigenvalue weighted by Gasteiger charge is -2.09. The second kappa shape index (κ2) is 6.06. The van der Waals surface area contributed by atoms with E-state index in [9.17, 15) is 5.26 Å². The summed E-state index contributed by atoms with van der Waals surface area (Å²) in [7, 11) is 0. The number of hydrogen-bond donors (Lipinski definition) is 1. The molecule has 1 N–H and O–H groups in total. The molecule has 3 rings (SSSR count). The molecule has 22 heavy (non-hydrogen) atoms. The molecule has 0 bridgehead atoms. The third-order valence-corrected chi connectivity index (χ3v) is 3.25. The van der Waals surface area contributed by atoms with Gasteiger partial charge >= 0.3 is 0 Å². The number of benzene rings is 1. The van der Waals surface area contributed by atoms with E-state index in [-0.39, 0.29) is 0 Å². The molecule has 0 fully saturated rings. The predicted octanol–water partition coefficient (Wildman–Crippen LogP) is 4.07. The average Bonchev–Trinajstić information content (AvgIpc) is 2.56. The van der Waals surface area contributed by atoms with Gasteiger partial charge in [0.2, 0.25) is 0 Å². The molecule has 0 unspecified atom stereocenters. The fourth-order valence-electron chi connectivity index (χ4n) is 2.20. The third-order valence-electron chi connectivity index (χ3n) is 3.25. The fourth-order valence-corrected chi connectivity index (χ4v) is 2.20. The Morgan fingerprint density at radius 3 is 2.55 bits per heavy atom. The number of hydrogen-bond acceptors (Lipinski definition) is 4. The van der Waals surface area contributed by atoms with Gasteiger partial charge in [0.05, 0.1) is 17.4 Å². The van der Waals surface area contributed by atoms with E-state index >= 15 is 0 Å². The second-order valence-corrected chi connectivity index (χ2v) is 4.97. The number of anilines is 2. The lowest BCUT2D eigenvalue weighted by Crippen LogP contribution is -1.98. The van der Waals surface area contributed by atoms with Crippen molar-refractivity contribution in [2.75, 3.05) is 5.32 Å². The van der Waals surface area contributed by atoms with Crippen molar-refractivity contribution < 1.29 is 0 Å². The molecule has 0 radical (unpaired) electrons. The lowest BCUT2D eigenvalue weighted by atomic mass is 10.1. The van der Waals surface area contributed by atoms with Crippen LogP contribution in [0.5, 0.6) is 0 Å². The molecule has 0 saturated carbocycles. The summed E-state index contributed by atoms with van der Waals surface area (Å²) in [5.74, 6) is 0.537. The van der Waals surface area contributed by atoms with Gasteiger partial charge in [-0.2, -0.15) is 5.26 Å². The van der Waals surface area contributed by atoms with Crippen molar-refractivity contribution >= 4 is 11.5 Å². The van der Waals surface area contributed by atoms with Crippen LogP contribution in [0.4, 0.5) is 11.5 Å². The smallest absolute Gasteiger partial charge is 0.148 e. The number of pyridine rings is 2. The number of aryl methyl sites for hydroxylation is 1. The van der Waals surface area contributed by atoms with E-state index in [0.717, 1.165) is 22.4 Å². The molecule has 2 heterocycles. The molecular weight excluding hydrogens is 272 g/mol. The largest absolute Gasteiger partial charge is 0.338 e.